The fourth-order valence-electron chi connectivity index (χ4n) is 0.714. The van der Waals surface area contributed by atoms with Crippen molar-refractivity contribution < 1.29 is 0 Å². The van der Waals surface area contributed by atoms with Crippen LogP contribution in [-0.4, -0.2) is 31.6 Å². The van der Waals surface area contributed by atoms with Gasteiger partial charge in [-0.05, 0) is 20.0 Å². The Kier molecular flexibility index (Phi) is 19.3. The second-order valence-corrected chi connectivity index (χ2v) is 2.09. The van der Waals surface area contributed by atoms with Gasteiger partial charge in [-0.1, -0.05) is 21.8 Å². The van der Waals surface area contributed by atoms with Crippen molar-refractivity contribution >= 4 is 0 Å². The molecule has 0 heterocycles. The third-order valence-corrected chi connectivity index (χ3v) is 1.12. The highest BCUT2D eigenvalue weighted by molar-refractivity contribution is 4.47. The van der Waals surface area contributed by atoms with Crippen LogP contribution in [0.5, 0.6) is 0 Å². The lowest BCUT2D eigenvalue weighted by molar-refractivity contribution is 0.344. The Morgan fingerprint density at radius 3 is 2.00 bits per heavy atom. The lowest BCUT2D eigenvalue weighted by Crippen LogP contribution is -2.25. The van der Waals surface area contributed by atoms with Gasteiger partial charge in [-0.3, -0.25) is 0 Å². The number of hydrogen-bond acceptors (Lipinski definition) is 2. The van der Waals surface area contributed by atoms with Crippen LogP contribution in [0.1, 0.15) is 28.2 Å². The minimum absolute atomic E-state index is 0. The summed E-state index contributed by atoms with van der Waals surface area (Å²) >= 11 is 0. The van der Waals surface area contributed by atoms with E-state index in [0.717, 1.165) is 19.6 Å². The third-order valence-electron chi connectivity index (χ3n) is 1.12. The highest BCUT2D eigenvalue weighted by Crippen LogP contribution is 1.82. The van der Waals surface area contributed by atoms with Gasteiger partial charge >= 0.3 is 0 Å². The lowest BCUT2D eigenvalue weighted by atomic mass is 10.4. The molecule has 0 aromatic rings. The summed E-state index contributed by atoms with van der Waals surface area (Å²) in [6.45, 7) is 5.13. The van der Waals surface area contributed by atoms with E-state index in [2.05, 4.69) is 18.9 Å². The maximum absolute atomic E-state index is 5.32. The summed E-state index contributed by atoms with van der Waals surface area (Å²) in [6.07, 6.45) is 1.22. The molecule has 66 valence electrons. The van der Waals surface area contributed by atoms with Crippen LogP contribution in [0.2, 0.25) is 0 Å². The molecule has 0 atom stereocenters. The van der Waals surface area contributed by atoms with Crippen LogP contribution in [0.25, 0.3) is 0 Å². The van der Waals surface area contributed by atoms with E-state index in [9.17, 15) is 0 Å². The van der Waals surface area contributed by atoms with Crippen molar-refractivity contribution in [3.8, 4) is 0 Å². The zero-order chi connectivity index (χ0) is 6.41. The molecule has 10 heavy (non-hydrogen) atoms. The van der Waals surface area contributed by atoms with E-state index in [0.29, 0.717) is 0 Å². The zero-order valence-electron chi connectivity index (χ0n) is 5.85. The average Bonchev–Trinajstić information content (AvgIpc) is 1.68. The second-order valence-electron chi connectivity index (χ2n) is 2.09. The molecule has 0 spiro atoms. The van der Waals surface area contributed by atoms with E-state index in [1.165, 1.54) is 6.42 Å². The molecule has 0 aliphatic carbocycles. The number of hydrogen-bond donors (Lipinski definition) is 1. The van der Waals surface area contributed by atoms with E-state index in [4.69, 9.17) is 5.73 Å². The first kappa shape index (κ1) is 16.5. The fraction of sp³-hybridized carbons (Fsp3) is 1.00. The Hall–Kier alpha value is -0.0800. The van der Waals surface area contributed by atoms with Gasteiger partial charge < -0.3 is 10.6 Å². The molecule has 0 aromatic heterocycles. The Morgan fingerprint density at radius 2 is 1.70 bits per heavy atom. The number of rotatable bonds is 4. The molecular weight excluding hydrogens is 124 g/mol. The Labute approximate surface area is 66.4 Å². The van der Waals surface area contributed by atoms with Gasteiger partial charge in [-0.15, -0.1) is 0 Å². The van der Waals surface area contributed by atoms with Gasteiger partial charge in [0.15, 0.2) is 0 Å². The van der Waals surface area contributed by atoms with Crippen LogP contribution in [0.3, 0.4) is 0 Å². The normalized spacial score (nSPS) is 8.40. The van der Waals surface area contributed by atoms with Crippen molar-refractivity contribution in [2.24, 2.45) is 5.73 Å². The summed E-state index contributed by atoms with van der Waals surface area (Å²) in [6, 6.07) is 0. The molecule has 0 fully saturated rings. The van der Waals surface area contributed by atoms with Crippen molar-refractivity contribution in [1.82, 2.24) is 4.90 Å². The molecule has 0 saturated carbocycles. The summed E-state index contributed by atoms with van der Waals surface area (Å²) < 4.78 is 0. The quantitative estimate of drug-likeness (QED) is 0.655. The van der Waals surface area contributed by atoms with E-state index in [1.807, 2.05) is 0 Å². The van der Waals surface area contributed by atoms with Gasteiger partial charge in [0.05, 0.1) is 0 Å². The molecule has 0 aliphatic rings. The van der Waals surface area contributed by atoms with E-state index >= 15 is 0 Å². The first-order valence-corrected chi connectivity index (χ1v) is 3.20. The van der Waals surface area contributed by atoms with Crippen molar-refractivity contribution in [1.29, 1.82) is 0 Å². The van der Waals surface area contributed by atoms with Crippen LogP contribution in [0, 0.1) is 0 Å². The van der Waals surface area contributed by atoms with Crippen molar-refractivity contribution in [3.05, 3.63) is 0 Å². The molecule has 0 aromatic carbocycles. The molecule has 0 unspecified atom stereocenters. The molecular formula is C8H24N2. The lowest BCUT2D eigenvalue weighted by Gasteiger charge is -2.12. The van der Waals surface area contributed by atoms with Gasteiger partial charge in [0.25, 0.3) is 0 Å². The van der Waals surface area contributed by atoms with E-state index in [-0.39, 0.29) is 14.9 Å². The predicted molar refractivity (Wildman–Crippen MR) is 50.3 cm³/mol. The first-order valence-electron chi connectivity index (χ1n) is 3.20. The van der Waals surface area contributed by atoms with Gasteiger partial charge in [0, 0.05) is 13.1 Å². The summed E-state index contributed by atoms with van der Waals surface area (Å²) in [5, 5.41) is 0. The predicted octanol–water partition coefficient (Wildman–Crippen LogP) is 1.56. The Balaban J connectivity index is -0.000000245. The molecule has 0 aliphatic heterocycles. The molecule has 0 rings (SSSR count). The van der Waals surface area contributed by atoms with Crippen LogP contribution in [0.4, 0.5) is 0 Å². The molecule has 0 amide bonds. The summed E-state index contributed by atoms with van der Waals surface area (Å²) in [5.74, 6) is 0. The molecule has 0 radical (unpaired) electrons. The SMILES string of the molecule is C.C.CCCN(C)CCN. The van der Waals surface area contributed by atoms with Gasteiger partial charge in [-0.25, -0.2) is 0 Å². The average molecular weight is 148 g/mol. The van der Waals surface area contributed by atoms with Gasteiger partial charge in [0.2, 0.25) is 0 Å². The Bertz CT molecular complexity index is 40.5. The molecule has 0 saturated heterocycles. The Morgan fingerprint density at radius 1 is 1.20 bits per heavy atom. The summed E-state index contributed by atoms with van der Waals surface area (Å²) in [7, 11) is 2.09. The van der Waals surface area contributed by atoms with Crippen LogP contribution < -0.4 is 5.73 Å². The fourth-order valence-corrected chi connectivity index (χ4v) is 0.714. The molecule has 2 nitrogen and oxygen atoms in total. The largest absolute Gasteiger partial charge is 0.329 e. The van der Waals surface area contributed by atoms with Crippen LogP contribution >= 0.6 is 0 Å². The van der Waals surface area contributed by atoms with Gasteiger partial charge in [-0.2, -0.15) is 0 Å². The topological polar surface area (TPSA) is 29.3 Å². The maximum atomic E-state index is 5.32. The first-order chi connectivity index (χ1) is 3.81. The van der Waals surface area contributed by atoms with E-state index < -0.39 is 0 Å². The number of nitrogens with two attached hydrogens (primary N) is 1. The standard InChI is InChI=1S/C6H16N2.2CH4/c1-3-5-8(2)6-4-7;;/h3-7H2,1-2H3;2*1H4. The highest BCUT2D eigenvalue weighted by atomic mass is 15.1. The third kappa shape index (κ3) is 10.8. The van der Waals surface area contributed by atoms with Crippen LogP contribution in [0.15, 0.2) is 0 Å². The van der Waals surface area contributed by atoms with Gasteiger partial charge in [0.1, 0.15) is 0 Å². The summed E-state index contributed by atoms with van der Waals surface area (Å²) in [5.41, 5.74) is 5.32. The zero-order valence-corrected chi connectivity index (χ0v) is 5.85. The highest BCUT2D eigenvalue weighted by Gasteiger charge is 1.90. The number of likely N-dealkylation sites (N-methyl/N-ethyl adjacent to an activating group) is 1. The minimum Gasteiger partial charge on any atom is -0.329 e. The maximum Gasteiger partial charge on any atom is 0.0102 e. The van der Waals surface area contributed by atoms with Crippen molar-refractivity contribution in [2.75, 3.05) is 26.7 Å². The van der Waals surface area contributed by atoms with Crippen molar-refractivity contribution in [2.45, 2.75) is 28.2 Å². The molecule has 0 bridgehead atoms. The smallest absolute Gasteiger partial charge is 0.0102 e. The van der Waals surface area contributed by atoms with E-state index in [1.54, 1.807) is 0 Å². The second kappa shape index (κ2) is 11.7. The summed E-state index contributed by atoms with van der Waals surface area (Å²) in [4.78, 5) is 2.24. The monoisotopic (exact) mass is 148 g/mol. The van der Waals surface area contributed by atoms with Crippen molar-refractivity contribution in [3.63, 3.8) is 0 Å². The van der Waals surface area contributed by atoms with Crippen LogP contribution in [-0.2, 0) is 0 Å². The minimum atomic E-state index is 0. The molecule has 2 N–H and O–H groups in total. The molecule has 2 heteroatoms. The number of nitrogens with zero attached hydrogens (tertiary/aromatic N) is 1.